The van der Waals surface area contributed by atoms with E-state index >= 15 is 0 Å². The first kappa shape index (κ1) is 17.2. The van der Waals surface area contributed by atoms with Crippen LogP contribution in [-0.2, 0) is 0 Å². The van der Waals surface area contributed by atoms with E-state index in [0.29, 0.717) is 11.3 Å². The van der Waals surface area contributed by atoms with Gasteiger partial charge in [-0.05, 0) is 31.2 Å². The van der Waals surface area contributed by atoms with E-state index in [1.54, 1.807) is 6.07 Å². The highest BCUT2D eigenvalue weighted by Gasteiger charge is 2.16. The van der Waals surface area contributed by atoms with Gasteiger partial charge in [0, 0.05) is 5.56 Å². The van der Waals surface area contributed by atoms with E-state index in [4.69, 9.17) is 9.15 Å². The topological polar surface area (TPSA) is 111 Å². The Labute approximate surface area is 148 Å². The molecule has 0 saturated heterocycles. The van der Waals surface area contributed by atoms with Crippen molar-refractivity contribution >= 4 is 17.6 Å². The number of hydrogen-bond acceptors (Lipinski definition) is 7. The van der Waals surface area contributed by atoms with Crippen LogP contribution in [0.3, 0.4) is 0 Å². The van der Waals surface area contributed by atoms with Gasteiger partial charge >= 0.3 is 5.95 Å². The molecule has 132 valence electrons. The van der Waals surface area contributed by atoms with Crippen LogP contribution in [0.2, 0.25) is 0 Å². The van der Waals surface area contributed by atoms with Gasteiger partial charge in [-0.1, -0.05) is 17.7 Å². The number of aromatic hydroxyl groups is 1. The second kappa shape index (κ2) is 7.06. The Balaban J connectivity index is 1.92. The fraction of sp³-hybridized carbons (Fsp3) is 0.111. The molecule has 0 aliphatic carbocycles. The summed E-state index contributed by atoms with van der Waals surface area (Å²) in [5.41, 5.74) is 1.74. The molecule has 26 heavy (non-hydrogen) atoms. The van der Waals surface area contributed by atoms with Gasteiger partial charge in [-0.2, -0.15) is 0 Å². The molecule has 0 atom stereocenters. The molecule has 1 heterocycles. The third-order valence-corrected chi connectivity index (χ3v) is 3.64. The summed E-state index contributed by atoms with van der Waals surface area (Å²) in [6, 6.07) is 11.7. The largest absolute Gasteiger partial charge is 0.496 e. The van der Waals surface area contributed by atoms with E-state index in [-0.39, 0.29) is 23.0 Å². The van der Waals surface area contributed by atoms with Crippen molar-refractivity contribution in [3.05, 3.63) is 63.8 Å². The molecule has 0 radical (unpaired) electrons. The lowest BCUT2D eigenvalue weighted by Gasteiger charge is -2.01. The Bertz CT molecular complexity index is 977. The maximum atomic E-state index is 11.2. The molecule has 3 rings (SSSR count). The van der Waals surface area contributed by atoms with Crippen LogP contribution in [0.1, 0.15) is 11.3 Å². The molecule has 8 nitrogen and oxygen atoms in total. The van der Waals surface area contributed by atoms with Gasteiger partial charge < -0.3 is 14.3 Å². The molecule has 0 saturated carbocycles. The number of aliphatic imine (C=N–C) groups is 1. The molecule has 0 aliphatic heterocycles. The van der Waals surface area contributed by atoms with Crippen LogP contribution < -0.4 is 4.74 Å². The van der Waals surface area contributed by atoms with Crippen molar-refractivity contribution in [3.63, 3.8) is 0 Å². The van der Waals surface area contributed by atoms with Crippen molar-refractivity contribution in [1.82, 2.24) is 4.98 Å². The Morgan fingerprint density at radius 3 is 2.65 bits per heavy atom. The highest BCUT2D eigenvalue weighted by atomic mass is 16.6. The highest BCUT2D eigenvalue weighted by Crippen LogP contribution is 2.32. The van der Waals surface area contributed by atoms with Crippen molar-refractivity contribution in [3.8, 4) is 23.1 Å². The molecular weight excluding hydrogens is 338 g/mol. The summed E-state index contributed by atoms with van der Waals surface area (Å²) in [5.74, 6) is 0.162. The van der Waals surface area contributed by atoms with E-state index in [2.05, 4.69) is 9.98 Å². The summed E-state index contributed by atoms with van der Waals surface area (Å²) >= 11 is 0. The van der Waals surface area contributed by atoms with E-state index in [1.807, 2.05) is 31.2 Å². The summed E-state index contributed by atoms with van der Waals surface area (Å²) in [5, 5.41) is 21.1. The predicted molar refractivity (Wildman–Crippen MR) is 95.2 cm³/mol. The summed E-state index contributed by atoms with van der Waals surface area (Å²) in [4.78, 5) is 18.8. The summed E-state index contributed by atoms with van der Waals surface area (Å²) in [7, 11) is 1.42. The van der Waals surface area contributed by atoms with Crippen LogP contribution >= 0.6 is 0 Å². The molecule has 2 aromatic carbocycles. The average molecular weight is 353 g/mol. The van der Waals surface area contributed by atoms with Crippen LogP contribution in [0.4, 0.5) is 11.4 Å². The molecule has 1 N–H and O–H groups in total. The van der Waals surface area contributed by atoms with E-state index in [1.165, 1.54) is 25.5 Å². The fourth-order valence-corrected chi connectivity index (χ4v) is 2.24. The number of nitro groups is 1. The number of rotatable bonds is 5. The molecule has 0 amide bonds. The maximum Gasteiger partial charge on any atom is 0.312 e. The lowest BCUT2D eigenvalue weighted by atomic mass is 10.1. The zero-order valence-electron chi connectivity index (χ0n) is 14.0. The van der Waals surface area contributed by atoms with Crippen LogP contribution in [0.15, 0.2) is 51.9 Å². The van der Waals surface area contributed by atoms with Crippen molar-refractivity contribution < 1.29 is 19.2 Å². The normalized spacial score (nSPS) is 11.0. The van der Waals surface area contributed by atoms with Gasteiger partial charge in [-0.15, -0.1) is 0 Å². The summed E-state index contributed by atoms with van der Waals surface area (Å²) in [6.07, 6.45) is 1.21. The van der Waals surface area contributed by atoms with Crippen LogP contribution in [0, 0.1) is 17.0 Å². The van der Waals surface area contributed by atoms with Gasteiger partial charge in [0.15, 0.2) is 5.69 Å². The van der Waals surface area contributed by atoms with Gasteiger partial charge in [-0.25, -0.2) is 9.98 Å². The number of hydrogen-bond donors (Lipinski definition) is 1. The first-order valence-electron chi connectivity index (χ1n) is 7.61. The number of nitrogens with zero attached hydrogens (tertiary/aromatic N) is 3. The minimum atomic E-state index is -0.560. The zero-order chi connectivity index (χ0) is 18.7. The summed E-state index contributed by atoms with van der Waals surface area (Å²) in [6.45, 7) is 1.96. The van der Waals surface area contributed by atoms with E-state index in [0.717, 1.165) is 5.56 Å². The number of aryl methyl sites for hydroxylation is 1. The van der Waals surface area contributed by atoms with Crippen molar-refractivity contribution in [1.29, 1.82) is 0 Å². The minimum absolute atomic E-state index is 0.0747. The first-order valence-corrected chi connectivity index (χ1v) is 7.61. The lowest BCUT2D eigenvalue weighted by molar-refractivity contribution is -0.384. The number of ether oxygens (including phenoxy) is 1. The fourth-order valence-electron chi connectivity index (χ4n) is 2.24. The second-order valence-corrected chi connectivity index (χ2v) is 5.45. The standard InChI is InChI=1S/C18H15N3O5/c1-11-3-5-12(6-4-11)17-20-15(18(22)26-17)10-19-14-8-7-13(25-2)9-16(14)21(23)24/h3-10,22H,1-2H3. The average Bonchev–Trinajstić information content (AvgIpc) is 3.01. The first-order chi connectivity index (χ1) is 12.5. The third kappa shape index (κ3) is 3.54. The van der Waals surface area contributed by atoms with Crippen molar-refractivity contribution in [2.24, 2.45) is 4.99 Å². The maximum absolute atomic E-state index is 11.2. The lowest BCUT2D eigenvalue weighted by Crippen LogP contribution is -1.91. The molecule has 0 spiro atoms. The van der Waals surface area contributed by atoms with Crippen LogP contribution in [-0.4, -0.2) is 28.3 Å². The van der Waals surface area contributed by atoms with Gasteiger partial charge in [-0.3, -0.25) is 10.1 Å². The number of oxazole rings is 1. The molecule has 3 aromatic rings. The number of aromatic nitrogens is 1. The van der Waals surface area contributed by atoms with Gasteiger partial charge in [0.25, 0.3) is 5.69 Å². The van der Waals surface area contributed by atoms with Gasteiger partial charge in [0.1, 0.15) is 11.4 Å². The Morgan fingerprint density at radius 1 is 1.27 bits per heavy atom. The molecular formula is C18H15N3O5. The second-order valence-electron chi connectivity index (χ2n) is 5.45. The number of methoxy groups -OCH3 is 1. The van der Waals surface area contributed by atoms with Crippen LogP contribution in [0.25, 0.3) is 11.5 Å². The monoisotopic (exact) mass is 353 g/mol. The Morgan fingerprint density at radius 2 is 2.00 bits per heavy atom. The van der Waals surface area contributed by atoms with E-state index in [9.17, 15) is 15.2 Å². The molecule has 8 heteroatoms. The molecule has 0 bridgehead atoms. The number of benzene rings is 2. The van der Waals surface area contributed by atoms with Crippen LogP contribution in [0.5, 0.6) is 11.7 Å². The van der Waals surface area contributed by atoms with Gasteiger partial charge in [0.2, 0.25) is 5.89 Å². The molecule has 1 aromatic heterocycles. The van der Waals surface area contributed by atoms with Crippen molar-refractivity contribution in [2.45, 2.75) is 6.92 Å². The summed E-state index contributed by atoms with van der Waals surface area (Å²) < 4.78 is 10.2. The smallest absolute Gasteiger partial charge is 0.312 e. The van der Waals surface area contributed by atoms with E-state index < -0.39 is 10.9 Å². The van der Waals surface area contributed by atoms with Crippen molar-refractivity contribution in [2.75, 3.05) is 7.11 Å². The molecule has 0 fully saturated rings. The Hall–Kier alpha value is -3.68. The quantitative estimate of drug-likeness (QED) is 0.421. The molecule has 0 aliphatic rings. The Kier molecular flexibility index (Phi) is 4.66. The SMILES string of the molecule is COc1ccc(N=Cc2nc(-c3ccc(C)cc3)oc2O)c([N+](=O)[O-])c1. The zero-order valence-corrected chi connectivity index (χ0v) is 14.0. The third-order valence-electron chi connectivity index (χ3n) is 3.64. The van der Waals surface area contributed by atoms with Gasteiger partial charge in [0.05, 0.1) is 24.3 Å². The molecule has 0 unspecified atom stereocenters. The predicted octanol–water partition coefficient (Wildman–Crippen LogP) is 4.02. The number of nitro benzene ring substituents is 1. The highest BCUT2D eigenvalue weighted by molar-refractivity contribution is 5.84. The minimum Gasteiger partial charge on any atom is -0.496 e.